The molecule has 0 spiro atoms. The van der Waals surface area contributed by atoms with Crippen LogP contribution >= 0.6 is 11.6 Å². The lowest BCUT2D eigenvalue weighted by atomic mass is 9.97. The highest BCUT2D eigenvalue weighted by Gasteiger charge is 2.33. The van der Waals surface area contributed by atoms with E-state index in [-0.39, 0.29) is 35.2 Å². The first kappa shape index (κ1) is 22.1. The highest BCUT2D eigenvalue weighted by atomic mass is 35.5. The highest BCUT2D eigenvalue weighted by molar-refractivity contribution is 6.31. The number of hydrogen-bond donors (Lipinski definition) is 3. The van der Waals surface area contributed by atoms with E-state index >= 15 is 0 Å². The van der Waals surface area contributed by atoms with Gasteiger partial charge in [0.2, 0.25) is 5.91 Å². The minimum Gasteiger partial charge on any atom is -0.376 e. The van der Waals surface area contributed by atoms with Crippen molar-refractivity contribution in [3.05, 3.63) is 41.3 Å². The number of aromatic nitrogens is 4. The van der Waals surface area contributed by atoms with Crippen molar-refractivity contribution in [2.75, 3.05) is 23.7 Å². The Morgan fingerprint density at radius 1 is 1.31 bits per heavy atom. The largest absolute Gasteiger partial charge is 0.416 e. The number of rotatable bonds is 5. The lowest BCUT2D eigenvalue weighted by molar-refractivity contribution is -0.137. The van der Waals surface area contributed by atoms with Crippen LogP contribution in [-0.4, -0.2) is 56.1 Å². The van der Waals surface area contributed by atoms with E-state index in [1.54, 1.807) is 11.1 Å². The molecule has 0 bridgehead atoms. The average molecular weight is 468 g/mol. The number of anilines is 2. The van der Waals surface area contributed by atoms with Crippen LogP contribution in [0.25, 0.3) is 11.0 Å². The summed E-state index contributed by atoms with van der Waals surface area (Å²) in [5.74, 6) is 0.417. The number of likely N-dealkylation sites (tertiary alicyclic amines) is 1. The second-order valence-electron chi connectivity index (χ2n) is 7.66. The number of nitrogens with one attached hydrogen (secondary N) is 3. The number of fused-ring (bicyclic) bond motifs is 1. The van der Waals surface area contributed by atoms with E-state index in [0.717, 1.165) is 30.4 Å². The van der Waals surface area contributed by atoms with Crippen molar-refractivity contribution in [1.82, 2.24) is 25.1 Å². The lowest BCUT2D eigenvalue weighted by Crippen LogP contribution is -2.53. The summed E-state index contributed by atoms with van der Waals surface area (Å²) in [6, 6.07) is 2.94. The quantitative estimate of drug-likeness (QED) is 0.526. The molecule has 0 aliphatic carbocycles. The molecule has 32 heavy (non-hydrogen) atoms. The van der Waals surface area contributed by atoms with Crippen molar-refractivity contribution in [3.8, 4) is 0 Å². The van der Waals surface area contributed by atoms with Crippen LogP contribution < -0.4 is 10.6 Å². The van der Waals surface area contributed by atoms with Crippen LogP contribution in [0.1, 0.15) is 25.3 Å². The van der Waals surface area contributed by atoms with E-state index in [1.165, 1.54) is 12.4 Å². The van der Waals surface area contributed by atoms with Gasteiger partial charge in [0.15, 0.2) is 5.65 Å². The second-order valence-corrected chi connectivity index (χ2v) is 8.09. The normalized spacial score (nSPS) is 19.2. The maximum absolute atomic E-state index is 13.0. The molecule has 0 radical (unpaired) electrons. The molecule has 3 aromatic rings. The summed E-state index contributed by atoms with van der Waals surface area (Å²) in [5.41, 5.74) is -0.116. The monoisotopic (exact) mass is 467 g/mol. The third kappa shape index (κ3) is 4.72. The first-order valence-electron chi connectivity index (χ1n) is 10.0. The topological polar surface area (TPSA) is 98.8 Å². The van der Waals surface area contributed by atoms with E-state index in [0.29, 0.717) is 18.0 Å². The van der Waals surface area contributed by atoms with Crippen LogP contribution in [0.5, 0.6) is 0 Å². The van der Waals surface area contributed by atoms with Gasteiger partial charge in [-0.25, -0.2) is 9.97 Å². The number of aromatic amines is 1. The number of benzene rings is 1. The summed E-state index contributed by atoms with van der Waals surface area (Å²) in [7, 11) is 0. The number of hydrogen-bond acceptors (Lipinski definition) is 6. The lowest BCUT2D eigenvalue weighted by Gasteiger charge is -2.40. The molecular weight excluding hydrogens is 447 g/mol. The molecule has 1 amide bonds. The summed E-state index contributed by atoms with van der Waals surface area (Å²) < 4.78 is 39.0. The maximum Gasteiger partial charge on any atom is 0.416 e. The Morgan fingerprint density at radius 2 is 2.12 bits per heavy atom. The number of halogens is 4. The molecule has 1 aliphatic heterocycles. The number of amides is 1. The summed E-state index contributed by atoms with van der Waals surface area (Å²) >= 11 is 5.81. The zero-order chi connectivity index (χ0) is 22.9. The highest BCUT2D eigenvalue weighted by Crippen LogP contribution is 2.33. The van der Waals surface area contributed by atoms with Gasteiger partial charge in [0, 0.05) is 29.3 Å². The van der Waals surface area contributed by atoms with Gasteiger partial charge < -0.3 is 15.5 Å². The molecule has 3 heterocycles. The van der Waals surface area contributed by atoms with Gasteiger partial charge in [-0.15, -0.1) is 0 Å². The summed E-state index contributed by atoms with van der Waals surface area (Å²) in [6.45, 7) is 2.35. The molecule has 1 aliphatic rings. The van der Waals surface area contributed by atoms with E-state index in [4.69, 9.17) is 11.6 Å². The van der Waals surface area contributed by atoms with Crippen molar-refractivity contribution >= 4 is 40.0 Å². The van der Waals surface area contributed by atoms with E-state index < -0.39 is 11.7 Å². The van der Waals surface area contributed by atoms with E-state index in [9.17, 15) is 18.0 Å². The fourth-order valence-corrected chi connectivity index (χ4v) is 4.11. The fraction of sp³-hybridized carbons (Fsp3) is 0.400. The average Bonchev–Trinajstić information content (AvgIpc) is 3.22. The number of carbonyl (C=O) groups excluding carboxylic acids is 1. The number of H-pyrrole nitrogens is 1. The van der Waals surface area contributed by atoms with Crippen molar-refractivity contribution in [2.24, 2.45) is 0 Å². The van der Waals surface area contributed by atoms with Gasteiger partial charge >= 0.3 is 6.18 Å². The summed E-state index contributed by atoms with van der Waals surface area (Å²) in [5, 5.41) is 13.6. The Bertz CT molecular complexity index is 1120. The number of alkyl halides is 3. The first-order valence-corrected chi connectivity index (χ1v) is 10.4. The van der Waals surface area contributed by atoms with E-state index in [2.05, 4.69) is 30.8 Å². The van der Waals surface area contributed by atoms with Gasteiger partial charge in [0.05, 0.1) is 23.7 Å². The molecule has 1 aromatic carbocycles. The molecule has 2 unspecified atom stereocenters. The Balaban J connectivity index is 1.42. The Morgan fingerprint density at radius 3 is 2.91 bits per heavy atom. The molecule has 4 rings (SSSR count). The zero-order valence-corrected chi connectivity index (χ0v) is 17.8. The molecule has 3 N–H and O–H groups in total. The molecule has 2 aromatic heterocycles. The number of nitrogens with zero attached hydrogens (tertiary/aromatic N) is 4. The first-order chi connectivity index (χ1) is 15.2. The van der Waals surface area contributed by atoms with Gasteiger partial charge in [-0.1, -0.05) is 11.6 Å². The SMILES string of the molecule is CC1C(Nc2ncnc3[nH]ncc23)CCCN1C(=O)CNc1cc(Cl)cc(C(F)(F)F)c1. The van der Waals surface area contributed by atoms with Crippen LogP contribution in [-0.2, 0) is 11.0 Å². The molecule has 170 valence electrons. The molecule has 2 atom stereocenters. The van der Waals surface area contributed by atoms with Gasteiger partial charge in [-0.3, -0.25) is 9.89 Å². The Labute approximate surface area is 186 Å². The molecule has 1 fully saturated rings. The molecule has 8 nitrogen and oxygen atoms in total. The van der Waals surface area contributed by atoms with Crippen LogP contribution in [0.3, 0.4) is 0 Å². The van der Waals surface area contributed by atoms with Gasteiger partial charge in [0.1, 0.15) is 12.1 Å². The Hall–Kier alpha value is -3.08. The molecule has 12 heteroatoms. The van der Waals surface area contributed by atoms with Crippen molar-refractivity contribution < 1.29 is 18.0 Å². The minimum atomic E-state index is -4.52. The molecule has 1 saturated heterocycles. The zero-order valence-electron chi connectivity index (χ0n) is 17.1. The fourth-order valence-electron chi connectivity index (χ4n) is 3.88. The third-order valence-corrected chi connectivity index (χ3v) is 5.77. The van der Waals surface area contributed by atoms with Crippen molar-refractivity contribution in [1.29, 1.82) is 0 Å². The van der Waals surface area contributed by atoms with E-state index in [1.807, 2.05) is 6.92 Å². The third-order valence-electron chi connectivity index (χ3n) is 5.55. The number of carbonyl (C=O) groups is 1. The number of piperidine rings is 1. The van der Waals surface area contributed by atoms with Crippen LogP contribution in [0.4, 0.5) is 24.7 Å². The predicted octanol–water partition coefficient (Wildman–Crippen LogP) is 3.93. The van der Waals surface area contributed by atoms with Crippen molar-refractivity contribution in [3.63, 3.8) is 0 Å². The molecule has 0 saturated carbocycles. The maximum atomic E-state index is 13.0. The van der Waals surface area contributed by atoms with Crippen molar-refractivity contribution in [2.45, 2.75) is 38.0 Å². The molecular formula is C20H21ClF3N7O. The van der Waals surface area contributed by atoms with Gasteiger partial charge in [-0.05, 0) is 38.0 Å². The predicted molar refractivity (Wildman–Crippen MR) is 114 cm³/mol. The summed E-state index contributed by atoms with van der Waals surface area (Å²) in [4.78, 5) is 23.0. The minimum absolute atomic E-state index is 0.0521. The summed E-state index contributed by atoms with van der Waals surface area (Å²) in [6.07, 6.45) is 0.169. The Kier molecular flexibility index (Phi) is 6.09. The van der Waals surface area contributed by atoms with Gasteiger partial charge in [-0.2, -0.15) is 18.3 Å². The van der Waals surface area contributed by atoms with Crippen LogP contribution in [0.2, 0.25) is 5.02 Å². The van der Waals surface area contributed by atoms with Crippen LogP contribution in [0, 0.1) is 0 Å². The van der Waals surface area contributed by atoms with Crippen LogP contribution in [0.15, 0.2) is 30.7 Å². The smallest absolute Gasteiger partial charge is 0.376 e. The standard InChI is InChI=1S/C20H21ClF3N7O/c1-11-16(29-18-15-8-28-30-19(15)27-10-26-18)3-2-4-31(11)17(32)9-25-14-6-12(20(22,23)24)5-13(21)7-14/h5-8,10-11,16,25H,2-4,9H2,1H3,(H2,26,27,28,29,30). The van der Waals surface area contributed by atoms with Gasteiger partial charge in [0.25, 0.3) is 0 Å². The second kappa shape index (κ2) is 8.81.